The van der Waals surface area contributed by atoms with Crippen molar-refractivity contribution in [2.24, 2.45) is 0 Å². The van der Waals surface area contributed by atoms with Gasteiger partial charge in [0.2, 0.25) is 0 Å². The van der Waals surface area contributed by atoms with Crippen molar-refractivity contribution in [2.45, 2.75) is 13.0 Å². The summed E-state index contributed by atoms with van der Waals surface area (Å²) in [5.74, 6) is -1.65. The van der Waals surface area contributed by atoms with E-state index in [1.54, 1.807) is 23.3 Å². The van der Waals surface area contributed by atoms with Crippen LogP contribution in [0.25, 0.3) is 0 Å². The van der Waals surface area contributed by atoms with Crippen molar-refractivity contribution in [1.29, 1.82) is 0 Å². The number of anilines is 1. The number of hydrogen-bond acceptors (Lipinski definition) is 3. The van der Waals surface area contributed by atoms with Gasteiger partial charge in [0.05, 0.1) is 17.3 Å². The smallest absolute Gasteiger partial charge is 0.335 e. The van der Waals surface area contributed by atoms with E-state index in [2.05, 4.69) is 0 Å². The lowest BCUT2D eigenvalue weighted by molar-refractivity contribution is 0.0696. The molecule has 1 heterocycles. The maximum atomic E-state index is 14.0. The highest BCUT2D eigenvalue weighted by Crippen LogP contribution is 2.30. The van der Waals surface area contributed by atoms with Crippen molar-refractivity contribution in [3.05, 3.63) is 52.0 Å². The molecule has 100 valence electrons. The maximum Gasteiger partial charge on any atom is 0.335 e. The van der Waals surface area contributed by atoms with Crippen molar-refractivity contribution >= 4 is 23.0 Å². The standard InChI is InChI=1S/C14H14FNO2S/c1-9(13-4-3-7-19-13)16(2)12-6-5-10(14(17)18)8-11(12)15/h3-9H,1-2H3,(H,17,18). The summed E-state index contributed by atoms with van der Waals surface area (Å²) < 4.78 is 14.0. The van der Waals surface area contributed by atoms with Crippen LogP contribution in [0.3, 0.4) is 0 Å². The molecule has 1 N–H and O–H groups in total. The van der Waals surface area contributed by atoms with Crippen LogP contribution in [0.5, 0.6) is 0 Å². The minimum Gasteiger partial charge on any atom is -0.478 e. The number of thiophene rings is 1. The predicted octanol–water partition coefficient (Wildman–Crippen LogP) is 3.78. The van der Waals surface area contributed by atoms with Gasteiger partial charge in [-0.1, -0.05) is 6.07 Å². The summed E-state index contributed by atoms with van der Waals surface area (Å²) in [6.45, 7) is 1.98. The zero-order valence-electron chi connectivity index (χ0n) is 10.6. The van der Waals surface area contributed by atoms with Crippen LogP contribution in [0.15, 0.2) is 35.7 Å². The molecule has 0 fully saturated rings. The molecule has 0 bridgehead atoms. The fourth-order valence-electron chi connectivity index (χ4n) is 1.85. The third-order valence-electron chi connectivity index (χ3n) is 3.11. The zero-order chi connectivity index (χ0) is 14.0. The number of carboxylic acids is 1. The van der Waals surface area contributed by atoms with Gasteiger partial charge < -0.3 is 10.0 Å². The van der Waals surface area contributed by atoms with Crippen molar-refractivity contribution in [2.75, 3.05) is 11.9 Å². The minimum atomic E-state index is -1.13. The quantitative estimate of drug-likeness (QED) is 0.925. The highest BCUT2D eigenvalue weighted by molar-refractivity contribution is 7.10. The van der Waals surface area contributed by atoms with E-state index in [0.29, 0.717) is 5.69 Å². The van der Waals surface area contributed by atoms with Gasteiger partial charge in [0.15, 0.2) is 0 Å². The molecule has 1 atom stereocenters. The molecule has 0 aliphatic rings. The Balaban J connectivity index is 2.29. The molecule has 1 aromatic heterocycles. The molecule has 3 nitrogen and oxygen atoms in total. The number of benzene rings is 1. The van der Waals surface area contributed by atoms with E-state index in [-0.39, 0.29) is 11.6 Å². The van der Waals surface area contributed by atoms with Crippen molar-refractivity contribution in [1.82, 2.24) is 0 Å². The Labute approximate surface area is 114 Å². The molecule has 0 aliphatic heterocycles. The maximum absolute atomic E-state index is 14.0. The van der Waals surface area contributed by atoms with E-state index in [9.17, 15) is 9.18 Å². The molecular weight excluding hydrogens is 265 g/mol. The Hall–Kier alpha value is -1.88. The van der Waals surface area contributed by atoms with Gasteiger partial charge in [-0.15, -0.1) is 11.3 Å². The first-order valence-corrected chi connectivity index (χ1v) is 6.67. The van der Waals surface area contributed by atoms with Crippen LogP contribution in [0.1, 0.15) is 28.2 Å². The first kappa shape index (κ1) is 13.5. The summed E-state index contributed by atoms with van der Waals surface area (Å²) in [5.41, 5.74) is 0.351. The summed E-state index contributed by atoms with van der Waals surface area (Å²) in [7, 11) is 1.79. The topological polar surface area (TPSA) is 40.5 Å². The number of rotatable bonds is 4. The lowest BCUT2D eigenvalue weighted by Crippen LogP contribution is -2.22. The molecule has 2 rings (SSSR count). The van der Waals surface area contributed by atoms with Gasteiger partial charge in [0.1, 0.15) is 5.82 Å². The molecule has 0 amide bonds. The van der Waals surface area contributed by atoms with Crippen LogP contribution in [0.4, 0.5) is 10.1 Å². The number of halogens is 1. The summed E-state index contributed by atoms with van der Waals surface area (Å²) in [6.07, 6.45) is 0. The second-order valence-electron chi connectivity index (χ2n) is 4.27. The van der Waals surface area contributed by atoms with Gasteiger partial charge in [-0.2, -0.15) is 0 Å². The third-order valence-corrected chi connectivity index (χ3v) is 4.15. The summed E-state index contributed by atoms with van der Waals surface area (Å²) in [6, 6.07) is 7.95. The normalized spacial score (nSPS) is 12.2. The molecule has 0 aliphatic carbocycles. The molecule has 0 saturated heterocycles. The third kappa shape index (κ3) is 2.76. The minimum absolute atomic E-state index is 0.0326. The Morgan fingerprint density at radius 2 is 2.16 bits per heavy atom. The van der Waals surface area contributed by atoms with E-state index in [0.717, 1.165) is 10.9 Å². The van der Waals surface area contributed by atoms with E-state index < -0.39 is 11.8 Å². The van der Waals surface area contributed by atoms with Crippen LogP contribution in [-0.4, -0.2) is 18.1 Å². The largest absolute Gasteiger partial charge is 0.478 e. The lowest BCUT2D eigenvalue weighted by Gasteiger charge is -2.26. The number of nitrogens with zero attached hydrogens (tertiary/aromatic N) is 1. The van der Waals surface area contributed by atoms with E-state index in [1.165, 1.54) is 12.1 Å². The Morgan fingerprint density at radius 1 is 1.42 bits per heavy atom. The van der Waals surface area contributed by atoms with Gasteiger partial charge >= 0.3 is 5.97 Å². The van der Waals surface area contributed by atoms with Gasteiger partial charge in [-0.05, 0) is 36.6 Å². The van der Waals surface area contributed by atoms with Crippen molar-refractivity contribution in [3.8, 4) is 0 Å². The van der Waals surface area contributed by atoms with Crippen molar-refractivity contribution < 1.29 is 14.3 Å². The van der Waals surface area contributed by atoms with Crippen LogP contribution < -0.4 is 4.90 Å². The number of hydrogen-bond donors (Lipinski definition) is 1. The Kier molecular flexibility index (Phi) is 3.85. The van der Waals surface area contributed by atoms with Crippen LogP contribution in [-0.2, 0) is 0 Å². The average molecular weight is 279 g/mol. The van der Waals surface area contributed by atoms with Gasteiger partial charge in [-0.3, -0.25) is 0 Å². The summed E-state index contributed by atoms with van der Waals surface area (Å²) >= 11 is 1.61. The molecule has 0 radical (unpaired) electrons. The van der Waals surface area contributed by atoms with E-state index in [1.807, 2.05) is 24.4 Å². The number of carbonyl (C=O) groups is 1. The second kappa shape index (κ2) is 5.40. The lowest BCUT2D eigenvalue weighted by atomic mass is 10.1. The fourth-order valence-corrected chi connectivity index (χ4v) is 2.68. The fraction of sp³-hybridized carbons (Fsp3) is 0.214. The first-order valence-electron chi connectivity index (χ1n) is 5.79. The molecular formula is C14H14FNO2S. The SMILES string of the molecule is CC(c1cccs1)N(C)c1ccc(C(=O)O)cc1F. The predicted molar refractivity (Wildman–Crippen MR) is 74.5 cm³/mol. The van der Waals surface area contributed by atoms with E-state index in [4.69, 9.17) is 5.11 Å². The molecule has 0 saturated carbocycles. The molecule has 19 heavy (non-hydrogen) atoms. The highest BCUT2D eigenvalue weighted by Gasteiger charge is 2.17. The molecule has 1 unspecified atom stereocenters. The van der Waals surface area contributed by atoms with Gasteiger partial charge in [0.25, 0.3) is 0 Å². The average Bonchev–Trinajstić information content (AvgIpc) is 2.90. The van der Waals surface area contributed by atoms with Crippen LogP contribution in [0.2, 0.25) is 0 Å². The van der Waals surface area contributed by atoms with Gasteiger partial charge in [0, 0.05) is 11.9 Å². The highest BCUT2D eigenvalue weighted by atomic mass is 32.1. The van der Waals surface area contributed by atoms with Crippen molar-refractivity contribution in [3.63, 3.8) is 0 Å². The molecule has 5 heteroatoms. The number of aromatic carboxylic acids is 1. The Bertz CT molecular complexity index is 583. The number of carboxylic acid groups (broad SMARTS) is 1. The molecule has 2 aromatic rings. The summed E-state index contributed by atoms with van der Waals surface area (Å²) in [5, 5.41) is 10.8. The molecule has 0 spiro atoms. The van der Waals surface area contributed by atoms with Gasteiger partial charge in [-0.25, -0.2) is 9.18 Å². The molecule has 1 aromatic carbocycles. The van der Waals surface area contributed by atoms with Crippen LogP contribution in [0, 0.1) is 5.82 Å². The van der Waals surface area contributed by atoms with Crippen LogP contribution >= 0.6 is 11.3 Å². The Morgan fingerprint density at radius 3 is 2.68 bits per heavy atom. The summed E-state index contributed by atoms with van der Waals surface area (Å²) in [4.78, 5) is 13.7. The second-order valence-corrected chi connectivity index (χ2v) is 5.25. The zero-order valence-corrected chi connectivity index (χ0v) is 11.4. The monoisotopic (exact) mass is 279 g/mol. The first-order chi connectivity index (χ1) is 9.00. The van der Waals surface area contributed by atoms with E-state index >= 15 is 0 Å².